The first-order valence-corrected chi connectivity index (χ1v) is 16.6. The van der Waals surface area contributed by atoms with Gasteiger partial charge in [0.2, 0.25) is 5.95 Å². The van der Waals surface area contributed by atoms with Crippen molar-refractivity contribution in [2.24, 2.45) is 5.92 Å². The summed E-state index contributed by atoms with van der Waals surface area (Å²) in [6.45, 7) is 5.68. The average Bonchev–Trinajstić information content (AvgIpc) is 3.55. The summed E-state index contributed by atoms with van der Waals surface area (Å²) in [7, 11) is 1.54. The molecule has 1 unspecified atom stereocenters. The van der Waals surface area contributed by atoms with Crippen LogP contribution in [0.25, 0.3) is 0 Å². The highest BCUT2D eigenvalue weighted by Crippen LogP contribution is 2.40. The van der Waals surface area contributed by atoms with Gasteiger partial charge in [0.25, 0.3) is 0 Å². The zero-order valence-corrected chi connectivity index (χ0v) is 27.2. The number of nitrogens with zero attached hydrogens (tertiary/aromatic N) is 4. The number of rotatable bonds is 14. The smallest absolute Gasteiger partial charge is 0.416 e. The van der Waals surface area contributed by atoms with Crippen LogP contribution in [0.5, 0.6) is 11.5 Å². The first-order valence-electron chi connectivity index (χ1n) is 15.3. The Morgan fingerprint density at radius 2 is 1.57 bits per heavy atom. The van der Waals surface area contributed by atoms with E-state index in [1.165, 1.54) is 32.3 Å². The molecule has 2 aromatic carbocycles. The summed E-state index contributed by atoms with van der Waals surface area (Å²) in [4.78, 5) is 12.8. The number of anilines is 2. The van der Waals surface area contributed by atoms with Crippen molar-refractivity contribution in [3.8, 4) is 11.5 Å². The molecule has 1 heterocycles. The van der Waals surface area contributed by atoms with E-state index in [0.29, 0.717) is 30.6 Å². The zero-order valence-electron chi connectivity index (χ0n) is 26.4. The van der Waals surface area contributed by atoms with Gasteiger partial charge in [-0.25, -0.2) is 9.97 Å². The first-order chi connectivity index (χ1) is 21.8. The Labute approximate surface area is 270 Å². The molecule has 0 saturated heterocycles. The largest absolute Gasteiger partial charge is 0.497 e. The SMILES string of the molecule is CCN(CC1CCCC1)c1ccc(OC)cc1CN(c1ncc(OCCSC)cn1)C(C)c1cc(C(F)(F)F)cc(C(F)(F)F)c1. The van der Waals surface area contributed by atoms with Crippen LogP contribution in [0, 0.1) is 5.92 Å². The zero-order chi connectivity index (χ0) is 33.5. The number of benzene rings is 2. The molecule has 1 atom stereocenters. The Hall–Kier alpha value is -3.35. The van der Waals surface area contributed by atoms with Crippen LogP contribution in [0.15, 0.2) is 48.8 Å². The Bertz CT molecular complexity index is 1380. The fraction of sp³-hybridized carbons (Fsp3) is 0.515. The summed E-state index contributed by atoms with van der Waals surface area (Å²) in [6, 6.07) is 6.32. The number of aromatic nitrogens is 2. The standard InChI is InChI=1S/C33H40F6N4O2S/c1-5-42(20-23-8-6-7-9-23)30-11-10-28(44-3)16-25(30)21-43(31-40-18-29(19-41-31)45-12-13-46-4)22(2)24-14-26(32(34,35)36)17-27(15-24)33(37,38)39/h10-11,14-19,22-23H,5-9,12-13,20-21H2,1-4H3. The molecular weight excluding hydrogens is 630 g/mol. The second-order valence-corrected chi connectivity index (χ2v) is 12.4. The maximum Gasteiger partial charge on any atom is 0.416 e. The van der Waals surface area contributed by atoms with Crippen LogP contribution in [-0.2, 0) is 18.9 Å². The number of ether oxygens (including phenoxy) is 2. The van der Waals surface area contributed by atoms with Crippen molar-refractivity contribution >= 4 is 23.4 Å². The maximum atomic E-state index is 13.8. The van der Waals surface area contributed by atoms with Gasteiger partial charge in [0.05, 0.1) is 43.3 Å². The van der Waals surface area contributed by atoms with Crippen molar-refractivity contribution in [3.05, 3.63) is 71.0 Å². The van der Waals surface area contributed by atoms with Gasteiger partial charge in [-0.05, 0) is 86.4 Å². The van der Waals surface area contributed by atoms with Gasteiger partial charge in [-0.2, -0.15) is 38.1 Å². The maximum absolute atomic E-state index is 13.8. The summed E-state index contributed by atoms with van der Waals surface area (Å²) in [5, 5.41) is 0. The third-order valence-corrected chi connectivity index (χ3v) is 8.87. The Morgan fingerprint density at radius 3 is 2.11 bits per heavy atom. The summed E-state index contributed by atoms with van der Waals surface area (Å²) >= 11 is 1.61. The van der Waals surface area contributed by atoms with Crippen LogP contribution in [0.3, 0.4) is 0 Å². The molecular formula is C33H40F6N4O2S. The first kappa shape index (κ1) is 35.5. The fourth-order valence-electron chi connectivity index (χ4n) is 5.77. The molecule has 46 heavy (non-hydrogen) atoms. The molecule has 4 rings (SSSR count). The van der Waals surface area contributed by atoms with Crippen molar-refractivity contribution in [2.75, 3.05) is 48.6 Å². The highest BCUT2D eigenvalue weighted by Gasteiger charge is 2.38. The third kappa shape index (κ3) is 9.13. The fourth-order valence-corrected chi connectivity index (χ4v) is 6.02. The summed E-state index contributed by atoms with van der Waals surface area (Å²) in [6.07, 6.45) is -0.434. The molecule has 1 aliphatic rings. The molecule has 1 aromatic heterocycles. The predicted molar refractivity (Wildman–Crippen MR) is 170 cm³/mol. The summed E-state index contributed by atoms with van der Waals surface area (Å²) < 4.78 is 94.2. The van der Waals surface area contributed by atoms with Gasteiger partial charge in [-0.1, -0.05) is 12.8 Å². The van der Waals surface area contributed by atoms with Gasteiger partial charge in [-0.15, -0.1) is 0 Å². The summed E-state index contributed by atoms with van der Waals surface area (Å²) in [5.74, 6) is 2.39. The van der Waals surface area contributed by atoms with Gasteiger partial charge in [0, 0.05) is 31.1 Å². The van der Waals surface area contributed by atoms with Crippen LogP contribution < -0.4 is 19.3 Å². The lowest BCUT2D eigenvalue weighted by atomic mass is 9.98. The minimum atomic E-state index is -4.98. The minimum Gasteiger partial charge on any atom is -0.497 e. The van der Waals surface area contributed by atoms with E-state index in [1.54, 1.807) is 23.6 Å². The van der Waals surface area contributed by atoms with Crippen LogP contribution in [0.4, 0.5) is 38.0 Å². The average molecular weight is 671 g/mol. The summed E-state index contributed by atoms with van der Waals surface area (Å²) in [5.41, 5.74) is -1.24. The molecule has 0 radical (unpaired) electrons. The predicted octanol–water partition coefficient (Wildman–Crippen LogP) is 9.05. The van der Waals surface area contributed by atoms with Crippen molar-refractivity contribution in [1.29, 1.82) is 0 Å². The monoisotopic (exact) mass is 670 g/mol. The highest BCUT2D eigenvalue weighted by molar-refractivity contribution is 7.98. The van der Waals surface area contributed by atoms with Gasteiger partial charge < -0.3 is 19.3 Å². The van der Waals surface area contributed by atoms with Crippen LogP contribution >= 0.6 is 11.8 Å². The lowest BCUT2D eigenvalue weighted by Gasteiger charge is -2.34. The molecule has 252 valence electrons. The number of alkyl halides is 6. The molecule has 1 aliphatic carbocycles. The molecule has 1 fully saturated rings. The molecule has 0 aliphatic heterocycles. The third-order valence-electron chi connectivity index (χ3n) is 8.29. The van der Waals surface area contributed by atoms with E-state index < -0.39 is 29.5 Å². The second kappa shape index (κ2) is 15.5. The van der Waals surface area contributed by atoms with E-state index in [0.717, 1.165) is 48.5 Å². The van der Waals surface area contributed by atoms with Crippen molar-refractivity contribution in [1.82, 2.24) is 9.97 Å². The van der Waals surface area contributed by atoms with E-state index >= 15 is 0 Å². The van der Waals surface area contributed by atoms with E-state index in [-0.39, 0.29) is 24.1 Å². The van der Waals surface area contributed by atoms with Gasteiger partial charge in [-0.3, -0.25) is 0 Å². The number of halogens is 6. The van der Waals surface area contributed by atoms with E-state index in [2.05, 4.69) is 21.8 Å². The molecule has 0 amide bonds. The number of hydrogen-bond donors (Lipinski definition) is 0. The molecule has 0 N–H and O–H groups in total. The van der Waals surface area contributed by atoms with Crippen molar-refractivity contribution in [3.63, 3.8) is 0 Å². The number of hydrogen-bond acceptors (Lipinski definition) is 7. The lowest BCUT2D eigenvalue weighted by Crippen LogP contribution is -2.32. The molecule has 0 spiro atoms. The molecule has 13 heteroatoms. The van der Waals surface area contributed by atoms with E-state index in [1.807, 2.05) is 24.5 Å². The topological polar surface area (TPSA) is 50.7 Å². The van der Waals surface area contributed by atoms with Crippen LogP contribution in [0.2, 0.25) is 0 Å². The van der Waals surface area contributed by atoms with E-state index in [9.17, 15) is 26.3 Å². The van der Waals surface area contributed by atoms with Crippen LogP contribution in [0.1, 0.15) is 67.8 Å². The van der Waals surface area contributed by atoms with Gasteiger partial charge in [0.1, 0.15) is 5.75 Å². The van der Waals surface area contributed by atoms with Crippen molar-refractivity contribution in [2.45, 2.75) is 64.5 Å². The van der Waals surface area contributed by atoms with E-state index in [4.69, 9.17) is 9.47 Å². The normalized spacial score (nSPS) is 14.7. The molecule has 1 saturated carbocycles. The molecule has 0 bridgehead atoms. The van der Waals surface area contributed by atoms with Gasteiger partial charge in [0.15, 0.2) is 5.75 Å². The van der Waals surface area contributed by atoms with Gasteiger partial charge >= 0.3 is 12.4 Å². The number of methoxy groups -OCH3 is 1. The Morgan fingerprint density at radius 1 is 0.935 bits per heavy atom. The molecule has 3 aromatic rings. The minimum absolute atomic E-state index is 0.0825. The highest BCUT2D eigenvalue weighted by atomic mass is 32.2. The quantitative estimate of drug-likeness (QED) is 0.125. The second-order valence-electron chi connectivity index (χ2n) is 11.4. The number of thioether (sulfide) groups is 1. The Kier molecular flexibility index (Phi) is 12.0. The van der Waals surface area contributed by atoms with Crippen molar-refractivity contribution < 1.29 is 35.8 Å². The van der Waals surface area contributed by atoms with Crippen LogP contribution in [-0.4, -0.2) is 48.8 Å². The Balaban J connectivity index is 1.80. The lowest BCUT2D eigenvalue weighted by molar-refractivity contribution is -0.143. The molecule has 6 nitrogen and oxygen atoms in total.